The lowest BCUT2D eigenvalue weighted by Crippen LogP contribution is -2.16. The minimum Gasteiger partial charge on any atom is -0.460 e. The van der Waals surface area contributed by atoms with E-state index in [4.69, 9.17) is 16.0 Å². The third kappa shape index (κ3) is 4.85. The highest BCUT2D eigenvalue weighted by molar-refractivity contribution is 6.31. The predicted octanol–water partition coefficient (Wildman–Crippen LogP) is 5.80. The summed E-state index contributed by atoms with van der Waals surface area (Å²) >= 11 is 6.16. The fraction of sp³-hybridized carbons (Fsp3) is 0.200. The largest absolute Gasteiger partial charge is 0.460 e. The Bertz CT molecular complexity index is 832. The van der Waals surface area contributed by atoms with Gasteiger partial charge in [0.05, 0.1) is 6.54 Å². The average molecular weight is 380 g/mol. The summed E-state index contributed by atoms with van der Waals surface area (Å²) in [6.45, 7) is 3.27. The quantitative estimate of drug-likeness (QED) is 0.547. The van der Waals surface area contributed by atoms with Crippen LogP contribution < -0.4 is 5.32 Å². The molecule has 0 radical (unpaired) electrons. The van der Waals surface area contributed by atoms with E-state index in [1.54, 1.807) is 6.07 Å². The van der Waals surface area contributed by atoms with E-state index < -0.39 is 0 Å². The van der Waals surface area contributed by atoms with Gasteiger partial charge in [-0.15, -0.1) is 12.4 Å². The van der Waals surface area contributed by atoms with Crippen molar-refractivity contribution in [1.29, 1.82) is 0 Å². The molecule has 0 amide bonds. The zero-order chi connectivity index (χ0) is 16.9. The third-order valence-electron chi connectivity index (χ3n) is 4.02. The second-order valence-electron chi connectivity index (χ2n) is 5.70. The van der Waals surface area contributed by atoms with Crippen LogP contribution in [0.3, 0.4) is 0 Å². The van der Waals surface area contributed by atoms with Crippen molar-refractivity contribution >= 4 is 24.0 Å². The van der Waals surface area contributed by atoms with Gasteiger partial charge in [0, 0.05) is 10.6 Å². The fourth-order valence-electron chi connectivity index (χ4n) is 2.63. The van der Waals surface area contributed by atoms with Gasteiger partial charge in [-0.2, -0.15) is 0 Å². The Hall–Kier alpha value is -1.81. The number of furan rings is 1. The molecule has 0 saturated heterocycles. The number of hydrogen-bond donors (Lipinski definition) is 1. The molecule has 0 fully saturated rings. The van der Waals surface area contributed by atoms with Crippen LogP contribution in [0, 0.1) is 12.7 Å². The lowest BCUT2D eigenvalue weighted by Gasteiger charge is -2.05. The Morgan fingerprint density at radius 3 is 2.64 bits per heavy atom. The molecular formula is C20H20Cl2FNO. The SMILES string of the molecule is Cc1c(Cl)cccc1-c1ccc(CNCCc2ccccc2F)o1.Cl. The lowest BCUT2D eigenvalue weighted by atomic mass is 10.1. The van der Waals surface area contributed by atoms with Gasteiger partial charge in [0.1, 0.15) is 17.3 Å². The van der Waals surface area contributed by atoms with Gasteiger partial charge in [-0.25, -0.2) is 4.39 Å². The van der Waals surface area contributed by atoms with E-state index >= 15 is 0 Å². The van der Waals surface area contributed by atoms with Gasteiger partial charge in [0.2, 0.25) is 0 Å². The highest BCUT2D eigenvalue weighted by atomic mass is 35.5. The van der Waals surface area contributed by atoms with Crippen molar-refractivity contribution in [1.82, 2.24) is 5.32 Å². The van der Waals surface area contributed by atoms with Crippen LogP contribution in [0.5, 0.6) is 0 Å². The van der Waals surface area contributed by atoms with Gasteiger partial charge < -0.3 is 9.73 Å². The molecule has 132 valence electrons. The van der Waals surface area contributed by atoms with Crippen molar-refractivity contribution < 1.29 is 8.81 Å². The van der Waals surface area contributed by atoms with Crippen LogP contribution in [0.4, 0.5) is 4.39 Å². The normalized spacial score (nSPS) is 10.5. The fourth-order valence-corrected chi connectivity index (χ4v) is 2.80. The van der Waals surface area contributed by atoms with Crippen LogP contribution in [-0.4, -0.2) is 6.54 Å². The van der Waals surface area contributed by atoms with E-state index in [1.807, 2.05) is 49.4 Å². The zero-order valence-electron chi connectivity index (χ0n) is 13.9. The van der Waals surface area contributed by atoms with Gasteiger partial charge in [-0.1, -0.05) is 41.9 Å². The molecule has 3 aromatic rings. The molecule has 0 spiro atoms. The summed E-state index contributed by atoms with van der Waals surface area (Å²) in [7, 11) is 0. The maximum Gasteiger partial charge on any atom is 0.134 e. The van der Waals surface area contributed by atoms with E-state index in [0.29, 0.717) is 19.5 Å². The van der Waals surface area contributed by atoms with E-state index in [-0.39, 0.29) is 18.2 Å². The molecule has 0 aliphatic heterocycles. The summed E-state index contributed by atoms with van der Waals surface area (Å²) in [5, 5.41) is 4.01. The molecule has 5 heteroatoms. The molecule has 0 aliphatic carbocycles. The second kappa shape index (κ2) is 9.04. The number of halogens is 3. The molecule has 3 rings (SSSR count). The van der Waals surface area contributed by atoms with Gasteiger partial charge >= 0.3 is 0 Å². The van der Waals surface area contributed by atoms with Gasteiger partial charge in [-0.3, -0.25) is 0 Å². The van der Waals surface area contributed by atoms with Crippen LogP contribution in [0.15, 0.2) is 59.0 Å². The minimum atomic E-state index is -0.156. The van der Waals surface area contributed by atoms with E-state index in [9.17, 15) is 4.39 Å². The first-order chi connectivity index (χ1) is 11.6. The van der Waals surface area contributed by atoms with Gasteiger partial charge in [0.15, 0.2) is 0 Å². The van der Waals surface area contributed by atoms with Crippen LogP contribution >= 0.6 is 24.0 Å². The highest BCUT2D eigenvalue weighted by Crippen LogP contribution is 2.29. The summed E-state index contributed by atoms with van der Waals surface area (Å²) in [6.07, 6.45) is 0.646. The van der Waals surface area contributed by atoms with Gasteiger partial charge in [-0.05, 0) is 55.3 Å². The lowest BCUT2D eigenvalue weighted by molar-refractivity contribution is 0.493. The predicted molar refractivity (Wildman–Crippen MR) is 103 cm³/mol. The summed E-state index contributed by atoms with van der Waals surface area (Å²) in [5.74, 6) is 1.50. The minimum absolute atomic E-state index is 0. The number of rotatable bonds is 6. The highest BCUT2D eigenvalue weighted by Gasteiger charge is 2.09. The van der Waals surface area contributed by atoms with Crippen molar-refractivity contribution in [3.05, 3.63) is 82.3 Å². The van der Waals surface area contributed by atoms with Crippen LogP contribution in [-0.2, 0) is 13.0 Å². The van der Waals surface area contributed by atoms with Crippen molar-refractivity contribution in [3.8, 4) is 11.3 Å². The second-order valence-corrected chi connectivity index (χ2v) is 6.10. The summed E-state index contributed by atoms with van der Waals surface area (Å²) in [5.41, 5.74) is 2.73. The molecular weight excluding hydrogens is 360 g/mol. The van der Waals surface area contributed by atoms with Crippen molar-refractivity contribution in [2.24, 2.45) is 0 Å². The Morgan fingerprint density at radius 1 is 1.04 bits per heavy atom. The molecule has 25 heavy (non-hydrogen) atoms. The number of benzene rings is 2. The van der Waals surface area contributed by atoms with E-state index in [1.165, 1.54) is 6.07 Å². The Morgan fingerprint density at radius 2 is 1.84 bits per heavy atom. The summed E-state index contributed by atoms with van der Waals surface area (Å²) in [6, 6.07) is 16.5. The Balaban J connectivity index is 0.00000225. The first kappa shape index (κ1) is 19.5. The Kier molecular flexibility index (Phi) is 7.06. The smallest absolute Gasteiger partial charge is 0.134 e. The molecule has 2 aromatic carbocycles. The molecule has 0 unspecified atom stereocenters. The van der Waals surface area contributed by atoms with Crippen molar-refractivity contribution in [2.75, 3.05) is 6.54 Å². The van der Waals surface area contributed by atoms with Crippen LogP contribution in [0.1, 0.15) is 16.9 Å². The maximum atomic E-state index is 13.5. The first-order valence-corrected chi connectivity index (χ1v) is 8.31. The number of hydrogen-bond acceptors (Lipinski definition) is 2. The molecule has 0 aliphatic rings. The van der Waals surface area contributed by atoms with E-state index in [0.717, 1.165) is 33.2 Å². The van der Waals surface area contributed by atoms with E-state index in [2.05, 4.69) is 5.32 Å². The monoisotopic (exact) mass is 379 g/mol. The van der Waals surface area contributed by atoms with Crippen LogP contribution in [0.2, 0.25) is 5.02 Å². The standard InChI is InChI=1S/C20H19ClFNO.ClH/c1-14-17(6-4-7-18(14)21)20-10-9-16(24-20)13-23-12-11-15-5-2-3-8-19(15)22;/h2-10,23H,11-13H2,1H3;1H. The first-order valence-electron chi connectivity index (χ1n) is 7.93. The molecule has 2 nitrogen and oxygen atoms in total. The topological polar surface area (TPSA) is 25.2 Å². The molecule has 0 atom stereocenters. The zero-order valence-corrected chi connectivity index (χ0v) is 15.5. The molecule has 0 bridgehead atoms. The molecule has 1 aromatic heterocycles. The van der Waals surface area contributed by atoms with Crippen molar-refractivity contribution in [3.63, 3.8) is 0 Å². The van der Waals surface area contributed by atoms with Gasteiger partial charge in [0.25, 0.3) is 0 Å². The summed E-state index contributed by atoms with van der Waals surface area (Å²) < 4.78 is 19.4. The average Bonchev–Trinajstić information content (AvgIpc) is 3.04. The van der Waals surface area contributed by atoms with Crippen LogP contribution in [0.25, 0.3) is 11.3 Å². The molecule has 1 N–H and O–H groups in total. The molecule has 0 saturated carbocycles. The Labute approximate surface area is 158 Å². The summed E-state index contributed by atoms with van der Waals surface area (Å²) in [4.78, 5) is 0. The number of nitrogens with one attached hydrogen (secondary N) is 1. The third-order valence-corrected chi connectivity index (χ3v) is 4.43. The molecule has 1 heterocycles. The van der Waals surface area contributed by atoms with Crippen molar-refractivity contribution in [2.45, 2.75) is 19.9 Å². The maximum absolute atomic E-state index is 13.5.